The molecule has 0 aliphatic carbocycles. The molecule has 1 aromatic carbocycles. The van der Waals surface area contributed by atoms with Crippen molar-refractivity contribution in [3.63, 3.8) is 0 Å². The number of ether oxygens (including phenoxy) is 2. The number of benzene rings is 1. The largest absolute Gasteiger partial charge is 0.507 e. The van der Waals surface area contributed by atoms with Gasteiger partial charge in [0.2, 0.25) is 0 Å². The number of amides is 2. The number of pyridine rings is 1. The third-order valence-corrected chi connectivity index (χ3v) is 5.71. The third-order valence-electron chi connectivity index (χ3n) is 4.81. The van der Waals surface area contributed by atoms with Gasteiger partial charge in [0.05, 0.1) is 17.9 Å². The number of hydrogen-bond donors (Lipinski definition) is 0. The quantitative estimate of drug-likeness (QED) is 0.510. The Kier molecular flexibility index (Phi) is 5.64. The molecule has 174 valence electrons. The van der Waals surface area contributed by atoms with Crippen LogP contribution < -0.4 is 14.3 Å². The molecule has 1 aliphatic heterocycles. The fourth-order valence-electron chi connectivity index (χ4n) is 3.07. The summed E-state index contributed by atoms with van der Waals surface area (Å²) in [5.41, 5.74) is 1.93. The normalized spacial score (nSPS) is 16.5. The number of aromatic nitrogens is 2. The van der Waals surface area contributed by atoms with Crippen molar-refractivity contribution in [2.75, 3.05) is 7.05 Å². The van der Waals surface area contributed by atoms with E-state index in [0.29, 0.717) is 0 Å². The number of urea groups is 1. The first-order chi connectivity index (χ1) is 15.5. The smallest absolute Gasteiger partial charge is 0.421 e. The van der Waals surface area contributed by atoms with Crippen molar-refractivity contribution in [2.45, 2.75) is 32.6 Å². The Morgan fingerprint density at radius 3 is 2.55 bits per heavy atom. The Bertz CT molecular complexity index is 1290. The fourth-order valence-corrected chi connectivity index (χ4v) is 3.89. The first kappa shape index (κ1) is 22.8. The summed E-state index contributed by atoms with van der Waals surface area (Å²) in [6.07, 6.45) is -6.35. The molecule has 0 radical (unpaired) electrons. The second-order valence-electron chi connectivity index (χ2n) is 7.38. The van der Waals surface area contributed by atoms with Crippen molar-refractivity contribution in [1.82, 2.24) is 14.5 Å². The first-order valence-electron chi connectivity index (χ1n) is 9.64. The van der Waals surface area contributed by atoms with E-state index >= 15 is 0 Å². The molecule has 4 rings (SSSR count). The van der Waals surface area contributed by atoms with E-state index in [1.165, 1.54) is 26.9 Å². The molecule has 0 atom stereocenters. The van der Waals surface area contributed by atoms with Gasteiger partial charge in [0, 0.05) is 30.4 Å². The van der Waals surface area contributed by atoms with E-state index < -0.39 is 29.7 Å². The summed E-state index contributed by atoms with van der Waals surface area (Å²) >= 11 is 1.19. The third kappa shape index (κ3) is 4.42. The maximum atomic E-state index is 13.6. The van der Waals surface area contributed by atoms with Gasteiger partial charge >= 0.3 is 18.2 Å². The van der Waals surface area contributed by atoms with E-state index in [2.05, 4.69) is 19.5 Å². The molecular formula is C21H18F4N4O3S. The molecule has 0 spiro atoms. The molecule has 7 nitrogen and oxygen atoms in total. The van der Waals surface area contributed by atoms with Crippen molar-refractivity contribution in [3.8, 4) is 17.2 Å². The molecule has 0 saturated heterocycles. The monoisotopic (exact) mass is 482 g/mol. The van der Waals surface area contributed by atoms with E-state index in [4.69, 9.17) is 0 Å². The molecule has 0 unspecified atom stereocenters. The van der Waals surface area contributed by atoms with Crippen LogP contribution in [-0.4, -0.2) is 39.7 Å². The van der Waals surface area contributed by atoms with Gasteiger partial charge in [-0.05, 0) is 37.6 Å². The van der Waals surface area contributed by atoms with Crippen molar-refractivity contribution >= 4 is 17.4 Å². The predicted octanol–water partition coefficient (Wildman–Crippen LogP) is 4.66. The van der Waals surface area contributed by atoms with Crippen molar-refractivity contribution < 1.29 is 31.8 Å². The molecule has 0 N–H and O–H groups in total. The van der Waals surface area contributed by atoms with Crippen LogP contribution in [0.2, 0.25) is 0 Å². The second-order valence-corrected chi connectivity index (χ2v) is 8.59. The summed E-state index contributed by atoms with van der Waals surface area (Å²) in [6, 6.07) is 6.73. The van der Waals surface area contributed by atoms with Gasteiger partial charge in [-0.2, -0.15) is 22.6 Å². The second kappa shape index (κ2) is 8.18. The van der Waals surface area contributed by atoms with Crippen LogP contribution in [0.4, 0.5) is 22.4 Å². The van der Waals surface area contributed by atoms with E-state index in [0.717, 1.165) is 28.3 Å². The van der Waals surface area contributed by atoms with Crippen molar-refractivity contribution in [1.29, 1.82) is 0 Å². The van der Waals surface area contributed by atoms with Gasteiger partial charge in [-0.1, -0.05) is 6.07 Å². The van der Waals surface area contributed by atoms with Gasteiger partial charge in [-0.3, -0.25) is 9.55 Å². The van der Waals surface area contributed by atoms with Gasteiger partial charge < -0.3 is 14.4 Å². The summed E-state index contributed by atoms with van der Waals surface area (Å²) in [5.74, 6) is -1.08. The standard InChI is InChI=1S/C21H18F4N4O3S/c1-12-5-4-8-26-15(12)11-28(3)18(30)27-19-29(10-13(2)33-19)14-6-7-16-17(9-14)32-21(24,25)20(22,23)31-16/h4-10H,11H2,1-3H3. The fraction of sp³-hybridized carbons (Fsp3) is 0.286. The molecule has 2 amide bonds. The molecule has 3 heterocycles. The highest BCUT2D eigenvalue weighted by Crippen LogP contribution is 2.47. The number of aryl methyl sites for hydroxylation is 2. The van der Waals surface area contributed by atoms with E-state index in [1.54, 1.807) is 32.4 Å². The Balaban J connectivity index is 1.65. The van der Waals surface area contributed by atoms with E-state index in [9.17, 15) is 22.4 Å². The molecule has 12 heteroatoms. The summed E-state index contributed by atoms with van der Waals surface area (Å²) in [4.78, 5) is 23.5. The highest BCUT2D eigenvalue weighted by molar-refractivity contribution is 7.09. The van der Waals surface area contributed by atoms with Crippen LogP contribution in [0.15, 0.2) is 47.7 Å². The maximum absolute atomic E-state index is 13.6. The average molecular weight is 482 g/mol. The number of alkyl halides is 4. The lowest BCUT2D eigenvalue weighted by atomic mass is 10.2. The minimum absolute atomic E-state index is 0.243. The minimum Gasteiger partial charge on any atom is -0.421 e. The topological polar surface area (TPSA) is 69.0 Å². The zero-order chi connectivity index (χ0) is 24.0. The zero-order valence-electron chi connectivity index (χ0n) is 17.7. The van der Waals surface area contributed by atoms with Crippen LogP contribution in [0.1, 0.15) is 16.1 Å². The van der Waals surface area contributed by atoms with E-state index in [1.807, 2.05) is 13.0 Å². The van der Waals surface area contributed by atoms with Crippen LogP contribution in [0.25, 0.3) is 5.69 Å². The SMILES string of the molecule is Cc1cn(-c2ccc3c(c2)OC(F)(F)C(F)(F)O3)c(=NC(=O)N(C)Cc2ncccc2C)s1. The number of rotatable bonds is 3. The summed E-state index contributed by atoms with van der Waals surface area (Å²) in [5, 5.41) is 0. The number of halogens is 4. The number of carbonyl (C=O) groups excluding carboxylic acids is 1. The highest BCUT2D eigenvalue weighted by Gasteiger charge is 2.65. The zero-order valence-corrected chi connectivity index (χ0v) is 18.5. The lowest BCUT2D eigenvalue weighted by molar-refractivity contribution is -0.391. The molecule has 1 aliphatic rings. The molecule has 2 aromatic heterocycles. The first-order valence-corrected chi connectivity index (χ1v) is 10.5. The molecule has 0 bridgehead atoms. The van der Waals surface area contributed by atoms with Gasteiger partial charge in [0.1, 0.15) is 0 Å². The van der Waals surface area contributed by atoms with Crippen molar-refractivity contribution in [2.24, 2.45) is 4.99 Å². The summed E-state index contributed by atoms with van der Waals surface area (Å²) in [6.45, 7) is 3.90. The molecule has 0 saturated carbocycles. The van der Waals surface area contributed by atoms with E-state index in [-0.39, 0.29) is 17.0 Å². The van der Waals surface area contributed by atoms with Crippen LogP contribution >= 0.6 is 11.3 Å². The van der Waals surface area contributed by atoms with Gasteiger partial charge in [0.15, 0.2) is 16.3 Å². The molecule has 3 aromatic rings. The maximum Gasteiger partial charge on any atom is 0.507 e. The number of nitrogens with zero attached hydrogens (tertiary/aromatic N) is 4. The van der Waals surface area contributed by atoms with Gasteiger partial charge in [-0.25, -0.2) is 4.79 Å². The number of fused-ring (bicyclic) bond motifs is 1. The number of carbonyl (C=O) groups is 1. The Hall–Kier alpha value is -3.41. The summed E-state index contributed by atoms with van der Waals surface area (Å²) in [7, 11) is 1.58. The Morgan fingerprint density at radius 1 is 1.15 bits per heavy atom. The number of thiazole rings is 1. The van der Waals surface area contributed by atoms with Gasteiger partial charge in [-0.15, -0.1) is 11.3 Å². The van der Waals surface area contributed by atoms with Crippen LogP contribution in [-0.2, 0) is 6.54 Å². The lowest BCUT2D eigenvalue weighted by Crippen LogP contribution is -2.52. The van der Waals surface area contributed by atoms with Gasteiger partial charge in [0.25, 0.3) is 0 Å². The molecule has 0 fully saturated rings. The highest BCUT2D eigenvalue weighted by atomic mass is 32.1. The molecular weight excluding hydrogens is 464 g/mol. The minimum atomic E-state index is -4.83. The van der Waals surface area contributed by atoms with Crippen molar-refractivity contribution in [3.05, 3.63) is 63.7 Å². The Labute approximate surface area is 189 Å². The number of hydrogen-bond acceptors (Lipinski definition) is 5. The molecule has 33 heavy (non-hydrogen) atoms. The van der Waals surface area contributed by atoms with Crippen LogP contribution in [0.5, 0.6) is 11.5 Å². The average Bonchev–Trinajstić information content (AvgIpc) is 3.09. The van der Waals surface area contributed by atoms with Crippen LogP contribution in [0, 0.1) is 13.8 Å². The Morgan fingerprint density at radius 2 is 1.85 bits per heavy atom. The predicted molar refractivity (Wildman–Crippen MR) is 111 cm³/mol. The van der Waals surface area contributed by atoms with Crippen LogP contribution in [0.3, 0.4) is 0 Å². The lowest BCUT2D eigenvalue weighted by Gasteiger charge is -2.31. The summed E-state index contributed by atoms with van der Waals surface area (Å²) < 4.78 is 63.7.